The monoisotopic (exact) mass is 409 g/mol. The Balaban J connectivity index is 1.37. The van der Waals surface area contributed by atoms with Crippen molar-refractivity contribution in [2.75, 3.05) is 20.2 Å². The van der Waals surface area contributed by atoms with E-state index < -0.39 is 11.6 Å². The van der Waals surface area contributed by atoms with Crippen LogP contribution in [0.1, 0.15) is 24.0 Å². The number of rotatable bonds is 6. The maximum absolute atomic E-state index is 15.3. The van der Waals surface area contributed by atoms with Crippen LogP contribution in [0.2, 0.25) is 0 Å². The van der Waals surface area contributed by atoms with E-state index in [2.05, 4.69) is 27.0 Å². The molecule has 3 aromatic rings. The minimum atomic E-state index is -1.80. The van der Waals surface area contributed by atoms with Crippen molar-refractivity contribution < 1.29 is 13.9 Å². The molecule has 0 saturated carbocycles. The number of piperidine rings is 1. The van der Waals surface area contributed by atoms with Crippen LogP contribution >= 0.6 is 0 Å². The van der Waals surface area contributed by atoms with Gasteiger partial charge in [0.05, 0.1) is 7.11 Å². The van der Waals surface area contributed by atoms with Gasteiger partial charge in [0.2, 0.25) is 0 Å². The van der Waals surface area contributed by atoms with Gasteiger partial charge in [-0.15, -0.1) is 0 Å². The largest absolute Gasteiger partial charge is 0.497 e. The number of benzene rings is 2. The van der Waals surface area contributed by atoms with E-state index in [4.69, 9.17) is 4.74 Å². The predicted octanol–water partition coefficient (Wildman–Crippen LogP) is 3.81. The Kier molecular flexibility index (Phi) is 5.77. The summed E-state index contributed by atoms with van der Waals surface area (Å²) in [4.78, 5) is 14.7. The fraction of sp³-hybridized carbons (Fsp3) is 0.375. The first kappa shape index (κ1) is 20.4. The molecule has 0 atom stereocenters. The van der Waals surface area contributed by atoms with Crippen molar-refractivity contribution in [2.24, 2.45) is 7.05 Å². The lowest BCUT2D eigenvalue weighted by Gasteiger charge is -2.35. The first-order valence-electron chi connectivity index (χ1n) is 10.3. The van der Waals surface area contributed by atoms with Crippen LogP contribution in [-0.2, 0) is 24.9 Å². The second-order valence-electron chi connectivity index (χ2n) is 8.06. The lowest BCUT2D eigenvalue weighted by molar-refractivity contribution is -0.136. The number of aromatic nitrogens is 1. The van der Waals surface area contributed by atoms with Crippen molar-refractivity contribution in [3.63, 3.8) is 0 Å². The molecule has 6 heteroatoms. The highest BCUT2D eigenvalue weighted by Gasteiger charge is 2.41. The van der Waals surface area contributed by atoms with Gasteiger partial charge in [0.15, 0.2) is 5.67 Å². The van der Waals surface area contributed by atoms with E-state index in [0.29, 0.717) is 19.6 Å². The molecule has 0 spiro atoms. The average molecular weight is 410 g/mol. The molecule has 0 unspecified atom stereocenters. The summed E-state index contributed by atoms with van der Waals surface area (Å²) >= 11 is 0. The quantitative estimate of drug-likeness (QED) is 0.674. The molecule has 1 fully saturated rings. The fourth-order valence-electron chi connectivity index (χ4n) is 4.18. The second kappa shape index (κ2) is 8.48. The SMILES string of the molecule is COc1ccc2c(c1)c(CN1CCC(F)(C(=O)NCc3ccccc3)CC1)cn2C. The Morgan fingerprint density at radius 3 is 2.60 bits per heavy atom. The summed E-state index contributed by atoms with van der Waals surface area (Å²) in [5, 5.41) is 3.91. The zero-order valence-corrected chi connectivity index (χ0v) is 17.5. The first-order chi connectivity index (χ1) is 14.5. The van der Waals surface area contributed by atoms with Crippen LogP contribution in [0.15, 0.2) is 54.7 Å². The molecule has 4 rings (SSSR count). The molecule has 1 N–H and O–H groups in total. The van der Waals surface area contributed by atoms with E-state index in [1.54, 1.807) is 7.11 Å². The predicted molar refractivity (Wildman–Crippen MR) is 116 cm³/mol. The van der Waals surface area contributed by atoms with Crippen LogP contribution in [0.3, 0.4) is 0 Å². The summed E-state index contributed by atoms with van der Waals surface area (Å²) in [6, 6.07) is 15.6. The molecule has 1 saturated heterocycles. The molecule has 1 aromatic heterocycles. The molecule has 30 heavy (non-hydrogen) atoms. The van der Waals surface area contributed by atoms with Gasteiger partial charge in [-0.25, -0.2) is 4.39 Å². The fourth-order valence-corrected chi connectivity index (χ4v) is 4.18. The number of halogens is 1. The van der Waals surface area contributed by atoms with Crippen LogP contribution in [0, 0.1) is 0 Å². The van der Waals surface area contributed by atoms with Crippen LogP contribution < -0.4 is 10.1 Å². The lowest BCUT2D eigenvalue weighted by Crippen LogP contribution is -2.50. The highest BCUT2D eigenvalue weighted by atomic mass is 19.1. The van der Waals surface area contributed by atoms with Gasteiger partial charge in [0.25, 0.3) is 5.91 Å². The van der Waals surface area contributed by atoms with Gasteiger partial charge >= 0.3 is 0 Å². The highest BCUT2D eigenvalue weighted by molar-refractivity contribution is 5.86. The Bertz CT molecular complexity index is 1020. The van der Waals surface area contributed by atoms with E-state index in [1.165, 1.54) is 5.56 Å². The van der Waals surface area contributed by atoms with Gasteiger partial charge in [0, 0.05) is 63.2 Å². The smallest absolute Gasteiger partial charge is 0.258 e. The number of nitrogens with one attached hydrogen (secondary N) is 1. The third kappa shape index (κ3) is 4.19. The highest BCUT2D eigenvalue weighted by Crippen LogP contribution is 2.30. The second-order valence-corrected chi connectivity index (χ2v) is 8.06. The van der Waals surface area contributed by atoms with E-state index in [9.17, 15) is 4.79 Å². The third-order valence-corrected chi connectivity index (χ3v) is 6.02. The number of nitrogens with zero attached hydrogens (tertiary/aromatic N) is 2. The number of carbonyl (C=O) groups excluding carboxylic acids is 1. The van der Waals surface area contributed by atoms with Crippen molar-refractivity contribution in [1.82, 2.24) is 14.8 Å². The molecule has 0 aliphatic carbocycles. The van der Waals surface area contributed by atoms with Gasteiger partial charge in [-0.05, 0) is 29.3 Å². The number of methoxy groups -OCH3 is 1. The maximum Gasteiger partial charge on any atom is 0.258 e. The van der Waals surface area contributed by atoms with Crippen molar-refractivity contribution in [1.29, 1.82) is 0 Å². The van der Waals surface area contributed by atoms with Gasteiger partial charge in [-0.2, -0.15) is 0 Å². The number of hydrogen-bond donors (Lipinski definition) is 1. The summed E-state index contributed by atoms with van der Waals surface area (Å²) in [7, 11) is 3.69. The molecule has 158 valence electrons. The number of hydrogen-bond acceptors (Lipinski definition) is 3. The van der Waals surface area contributed by atoms with E-state index in [0.717, 1.165) is 28.8 Å². The topological polar surface area (TPSA) is 46.5 Å². The van der Waals surface area contributed by atoms with Gasteiger partial charge < -0.3 is 14.6 Å². The third-order valence-electron chi connectivity index (χ3n) is 6.02. The number of carbonyl (C=O) groups is 1. The van der Waals surface area contributed by atoms with Crippen molar-refractivity contribution >= 4 is 16.8 Å². The molecular weight excluding hydrogens is 381 g/mol. The molecule has 1 aliphatic heterocycles. The van der Waals surface area contributed by atoms with Crippen molar-refractivity contribution in [3.05, 3.63) is 65.9 Å². The average Bonchev–Trinajstić information content (AvgIpc) is 3.09. The Hall–Kier alpha value is -2.86. The minimum Gasteiger partial charge on any atom is -0.497 e. The van der Waals surface area contributed by atoms with Gasteiger partial charge in [-0.3, -0.25) is 9.69 Å². The summed E-state index contributed by atoms with van der Waals surface area (Å²) in [6.07, 6.45) is 2.54. The van der Waals surface area contributed by atoms with Crippen LogP contribution in [0.5, 0.6) is 5.75 Å². The summed E-state index contributed by atoms with van der Waals surface area (Å²) < 4.78 is 22.7. The van der Waals surface area contributed by atoms with E-state index >= 15 is 4.39 Å². The molecular formula is C24H28FN3O2. The minimum absolute atomic E-state index is 0.210. The van der Waals surface area contributed by atoms with Crippen LogP contribution in [0.4, 0.5) is 4.39 Å². The summed E-state index contributed by atoms with van der Waals surface area (Å²) in [5.41, 5.74) is 1.50. The van der Waals surface area contributed by atoms with Gasteiger partial charge in [0.1, 0.15) is 5.75 Å². The number of ether oxygens (including phenoxy) is 1. The first-order valence-corrected chi connectivity index (χ1v) is 10.3. The maximum atomic E-state index is 15.3. The van der Waals surface area contributed by atoms with E-state index in [1.807, 2.05) is 49.5 Å². The number of alkyl halides is 1. The molecule has 1 amide bonds. The number of aryl methyl sites for hydroxylation is 1. The zero-order valence-electron chi connectivity index (χ0n) is 17.5. The van der Waals surface area contributed by atoms with E-state index in [-0.39, 0.29) is 12.8 Å². The Labute approximate surface area is 176 Å². The van der Waals surface area contributed by atoms with Crippen LogP contribution in [-0.4, -0.2) is 41.2 Å². The van der Waals surface area contributed by atoms with Crippen molar-refractivity contribution in [3.8, 4) is 5.75 Å². The zero-order chi connectivity index (χ0) is 21.1. The molecule has 2 heterocycles. The Morgan fingerprint density at radius 2 is 1.90 bits per heavy atom. The normalized spacial score (nSPS) is 16.5. The molecule has 0 bridgehead atoms. The standard InChI is InChI=1S/C24H28FN3O2/c1-27-16-19(21-14-20(30-2)8-9-22(21)27)17-28-12-10-24(25,11-13-28)23(29)26-15-18-6-4-3-5-7-18/h3-9,14,16H,10-13,15,17H2,1-2H3,(H,26,29). The number of amides is 1. The van der Waals surface area contributed by atoms with Gasteiger partial charge in [-0.1, -0.05) is 30.3 Å². The molecule has 0 radical (unpaired) electrons. The number of likely N-dealkylation sites (tertiary alicyclic amines) is 1. The summed E-state index contributed by atoms with van der Waals surface area (Å²) in [5.74, 6) is 0.326. The Morgan fingerprint density at radius 1 is 1.17 bits per heavy atom. The molecule has 2 aromatic carbocycles. The lowest BCUT2D eigenvalue weighted by atomic mass is 9.92. The number of fused-ring (bicyclic) bond motifs is 1. The van der Waals surface area contributed by atoms with Crippen LogP contribution in [0.25, 0.3) is 10.9 Å². The molecule has 1 aliphatic rings. The van der Waals surface area contributed by atoms with Crippen molar-refractivity contribution in [2.45, 2.75) is 31.6 Å². The molecule has 5 nitrogen and oxygen atoms in total. The summed E-state index contributed by atoms with van der Waals surface area (Å²) in [6.45, 7) is 2.18.